The molecule has 0 atom stereocenters. The molecule has 1 aromatic carbocycles. The third-order valence-electron chi connectivity index (χ3n) is 4.65. The summed E-state index contributed by atoms with van der Waals surface area (Å²) in [4.78, 5) is 27.0. The van der Waals surface area contributed by atoms with E-state index in [1.54, 1.807) is 6.08 Å². The molecule has 0 unspecified atom stereocenters. The Balaban J connectivity index is 1.90. The number of hydrogen-bond donors (Lipinski definition) is 1. The molecule has 0 aromatic heterocycles. The van der Waals surface area contributed by atoms with Gasteiger partial charge >= 0.3 is 5.97 Å². The van der Waals surface area contributed by atoms with Gasteiger partial charge in [-0.15, -0.1) is 0 Å². The molecule has 0 saturated carbocycles. The molecule has 1 aliphatic heterocycles. The Hall–Kier alpha value is -1.86. The smallest absolute Gasteiger partial charge is 0.323 e. The summed E-state index contributed by atoms with van der Waals surface area (Å²) in [5, 5.41) is 8.90. The second kappa shape index (κ2) is 11.2. The topological polar surface area (TPSA) is 60.9 Å². The van der Waals surface area contributed by atoms with Crippen molar-refractivity contribution in [2.24, 2.45) is 0 Å². The Labute approximate surface area is 176 Å². The molecule has 1 aliphatic rings. The van der Waals surface area contributed by atoms with Crippen molar-refractivity contribution < 1.29 is 14.7 Å². The Morgan fingerprint density at radius 3 is 2.46 bits per heavy atom. The molecule has 1 amide bonds. The maximum atomic E-state index is 12.3. The Bertz CT molecular complexity index is 732. The standard InChI is InChI=1S/C21H28N2O3S2/c1-3-4-5-6-7-8-13-22(2)17-11-9-16(10-12-17)14-18-20(26)23(15-19(24)25)21(27)28-18/h9-12,14H,3-8,13,15H2,1-2H3,(H,24,25)/b18-14+. The summed E-state index contributed by atoms with van der Waals surface area (Å²) >= 11 is 6.26. The molecule has 0 radical (unpaired) electrons. The fraction of sp³-hybridized carbons (Fsp3) is 0.476. The van der Waals surface area contributed by atoms with Gasteiger partial charge in [-0.25, -0.2) is 0 Å². The summed E-state index contributed by atoms with van der Waals surface area (Å²) in [7, 11) is 2.10. The van der Waals surface area contributed by atoms with Crippen LogP contribution in [0.15, 0.2) is 29.2 Å². The van der Waals surface area contributed by atoms with Crippen molar-refractivity contribution >= 4 is 51.9 Å². The zero-order valence-corrected chi connectivity index (χ0v) is 18.2. The van der Waals surface area contributed by atoms with Crippen LogP contribution in [0.4, 0.5) is 5.69 Å². The summed E-state index contributed by atoms with van der Waals surface area (Å²) in [6.45, 7) is 2.86. The van der Waals surface area contributed by atoms with E-state index in [0.717, 1.165) is 34.5 Å². The molecule has 7 heteroatoms. The molecule has 2 rings (SSSR count). The quantitative estimate of drug-likeness (QED) is 0.316. The highest BCUT2D eigenvalue weighted by Gasteiger charge is 2.33. The van der Waals surface area contributed by atoms with Gasteiger partial charge in [0, 0.05) is 19.3 Å². The van der Waals surface area contributed by atoms with Gasteiger partial charge in [0.2, 0.25) is 0 Å². The second-order valence-corrected chi connectivity index (χ2v) is 8.62. The van der Waals surface area contributed by atoms with E-state index in [0.29, 0.717) is 4.91 Å². The molecule has 5 nitrogen and oxygen atoms in total. The predicted octanol–water partition coefficient (Wildman–Crippen LogP) is 4.77. The molecule has 1 aromatic rings. The third kappa shape index (κ3) is 6.63. The van der Waals surface area contributed by atoms with Crippen LogP contribution in [0.5, 0.6) is 0 Å². The molecule has 1 N–H and O–H groups in total. The van der Waals surface area contributed by atoms with Gasteiger partial charge < -0.3 is 10.0 Å². The van der Waals surface area contributed by atoms with Crippen molar-refractivity contribution in [3.63, 3.8) is 0 Å². The molecule has 1 saturated heterocycles. The molecule has 0 aliphatic carbocycles. The van der Waals surface area contributed by atoms with Gasteiger partial charge in [0.15, 0.2) is 0 Å². The molecule has 28 heavy (non-hydrogen) atoms. The van der Waals surface area contributed by atoms with Crippen molar-refractivity contribution in [2.75, 3.05) is 25.0 Å². The van der Waals surface area contributed by atoms with Crippen LogP contribution in [0, 0.1) is 0 Å². The number of carbonyl (C=O) groups is 2. The number of rotatable bonds is 11. The Morgan fingerprint density at radius 1 is 1.18 bits per heavy atom. The first kappa shape index (κ1) is 22.4. The number of amides is 1. The van der Waals surface area contributed by atoms with E-state index < -0.39 is 12.5 Å². The van der Waals surface area contributed by atoms with Gasteiger partial charge in [-0.05, 0) is 30.2 Å². The molecule has 1 heterocycles. The maximum absolute atomic E-state index is 12.3. The van der Waals surface area contributed by atoms with Gasteiger partial charge in [-0.2, -0.15) is 0 Å². The number of carboxylic acids is 1. The molecule has 1 fully saturated rings. The summed E-state index contributed by atoms with van der Waals surface area (Å²) in [6.07, 6.45) is 9.45. The van der Waals surface area contributed by atoms with Crippen molar-refractivity contribution in [2.45, 2.75) is 45.4 Å². The second-order valence-electron chi connectivity index (χ2n) is 6.94. The Morgan fingerprint density at radius 2 is 1.82 bits per heavy atom. The lowest BCUT2D eigenvalue weighted by Crippen LogP contribution is -2.33. The fourth-order valence-corrected chi connectivity index (χ4v) is 4.26. The van der Waals surface area contributed by atoms with Crippen LogP contribution in [0.25, 0.3) is 6.08 Å². The molecule has 0 bridgehead atoms. The average molecular weight is 421 g/mol. The number of aliphatic carboxylic acids is 1. The SMILES string of the molecule is CCCCCCCCN(C)c1ccc(/C=C2/SC(=S)N(CC(=O)O)C2=O)cc1. The van der Waals surface area contributed by atoms with Gasteiger partial charge in [0.05, 0.1) is 4.91 Å². The van der Waals surface area contributed by atoms with E-state index in [4.69, 9.17) is 17.3 Å². The average Bonchev–Trinajstić information content (AvgIpc) is 2.92. The lowest BCUT2D eigenvalue weighted by atomic mass is 10.1. The molecular formula is C21H28N2O3S2. The zero-order valence-electron chi connectivity index (χ0n) is 16.5. The number of nitrogens with zero attached hydrogens (tertiary/aromatic N) is 2. The minimum absolute atomic E-state index is 0.286. The molecule has 0 spiro atoms. The van der Waals surface area contributed by atoms with Crippen molar-refractivity contribution in [1.29, 1.82) is 0 Å². The van der Waals surface area contributed by atoms with Gasteiger partial charge in [-0.3, -0.25) is 14.5 Å². The van der Waals surface area contributed by atoms with E-state index in [1.165, 1.54) is 38.5 Å². The van der Waals surface area contributed by atoms with Gasteiger partial charge in [0.25, 0.3) is 5.91 Å². The number of hydrogen-bond acceptors (Lipinski definition) is 5. The Kier molecular flexibility index (Phi) is 8.99. The van der Waals surface area contributed by atoms with Crippen LogP contribution in [0.2, 0.25) is 0 Å². The van der Waals surface area contributed by atoms with Gasteiger partial charge in [-0.1, -0.05) is 75.1 Å². The summed E-state index contributed by atoms with van der Waals surface area (Å²) in [6, 6.07) is 8.02. The van der Waals surface area contributed by atoms with E-state index in [9.17, 15) is 9.59 Å². The largest absolute Gasteiger partial charge is 0.480 e. The lowest BCUT2D eigenvalue weighted by Gasteiger charge is -2.19. The maximum Gasteiger partial charge on any atom is 0.323 e. The molecular weight excluding hydrogens is 392 g/mol. The van der Waals surface area contributed by atoms with Crippen LogP contribution in [0.3, 0.4) is 0 Å². The lowest BCUT2D eigenvalue weighted by molar-refractivity contribution is -0.140. The highest BCUT2D eigenvalue weighted by Crippen LogP contribution is 2.32. The first-order valence-corrected chi connectivity index (χ1v) is 10.9. The van der Waals surface area contributed by atoms with Crippen LogP contribution < -0.4 is 4.90 Å². The van der Waals surface area contributed by atoms with Crippen LogP contribution in [0.1, 0.15) is 51.0 Å². The van der Waals surface area contributed by atoms with E-state index in [-0.39, 0.29) is 10.2 Å². The normalized spacial score (nSPS) is 15.5. The van der Waals surface area contributed by atoms with Gasteiger partial charge in [0.1, 0.15) is 10.9 Å². The summed E-state index contributed by atoms with van der Waals surface area (Å²) in [5.41, 5.74) is 2.04. The van der Waals surface area contributed by atoms with E-state index in [2.05, 4.69) is 18.9 Å². The summed E-state index contributed by atoms with van der Waals surface area (Å²) in [5.74, 6) is -1.42. The molecule has 152 valence electrons. The number of thiocarbonyl (C=S) groups is 1. The number of carboxylic acid groups (broad SMARTS) is 1. The fourth-order valence-electron chi connectivity index (χ4n) is 3.01. The van der Waals surface area contributed by atoms with Crippen molar-refractivity contribution in [1.82, 2.24) is 4.90 Å². The first-order valence-electron chi connectivity index (χ1n) is 9.70. The summed E-state index contributed by atoms with van der Waals surface area (Å²) < 4.78 is 0.286. The number of thioether (sulfide) groups is 1. The highest BCUT2D eigenvalue weighted by molar-refractivity contribution is 8.26. The highest BCUT2D eigenvalue weighted by atomic mass is 32.2. The minimum atomic E-state index is -1.07. The first-order chi connectivity index (χ1) is 13.4. The van der Waals surface area contributed by atoms with E-state index in [1.807, 2.05) is 24.3 Å². The number of benzene rings is 1. The minimum Gasteiger partial charge on any atom is -0.480 e. The van der Waals surface area contributed by atoms with Crippen molar-refractivity contribution in [3.8, 4) is 0 Å². The zero-order chi connectivity index (χ0) is 20.5. The monoisotopic (exact) mass is 420 g/mol. The number of carbonyl (C=O) groups excluding carboxylic acids is 1. The predicted molar refractivity (Wildman–Crippen MR) is 121 cm³/mol. The number of unbranched alkanes of at least 4 members (excludes halogenated alkanes) is 5. The van der Waals surface area contributed by atoms with Crippen LogP contribution >= 0.6 is 24.0 Å². The van der Waals surface area contributed by atoms with Crippen LogP contribution in [-0.2, 0) is 9.59 Å². The van der Waals surface area contributed by atoms with Crippen molar-refractivity contribution in [3.05, 3.63) is 34.7 Å². The third-order valence-corrected chi connectivity index (χ3v) is 6.02. The number of anilines is 1. The van der Waals surface area contributed by atoms with Crippen LogP contribution in [-0.4, -0.2) is 46.3 Å². The van der Waals surface area contributed by atoms with E-state index >= 15 is 0 Å².